The van der Waals surface area contributed by atoms with Gasteiger partial charge >= 0.3 is 6.18 Å². The molecule has 2 heterocycles. The van der Waals surface area contributed by atoms with Crippen LogP contribution < -0.4 is 0 Å². The van der Waals surface area contributed by atoms with Gasteiger partial charge in [0.05, 0.1) is 10.9 Å². The van der Waals surface area contributed by atoms with Gasteiger partial charge < -0.3 is 5.11 Å². The molecule has 0 radical (unpaired) electrons. The molecule has 1 amide bonds. The molecule has 1 aliphatic rings. The van der Waals surface area contributed by atoms with Gasteiger partial charge in [0.1, 0.15) is 5.71 Å². The fraction of sp³-hybridized carbons (Fsp3) is 0.267. The molecule has 2 aromatic rings. The number of hydrogen-bond donors (Lipinski definition) is 1. The van der Waals surface area contributed by atoms with Crippen molar-refractivity contribution in [2.75, 3.05) is 0 Å². The Morgan fingerprint density at radius 1 is 1.35 bits per heavy atom. The van der Waals surface area contributed by atoms with Crippen molar-refractivity contribution >= 4 is 39.1 Å². The number of aromatic nitrogens is 2. The molecule has 1 N–H and O–H groups in total. The molecule has 0 unspecified atom stereocenters. The Labute approximate surface area is 159 Å². The minimum absolute atomic E-state index is 0.0466. The van der Waals surface area contributed by atoms with Gasteiger partial charge in [0.25, 0.3) is 5.91 Å². The lowest BCUT2D eigenvalue weighted by Crippen LogP contribution is -2.44. The summed E-state index contributed by atoms with van der Waals surface area (Å²) >= 11 is 8.92. The van der Waals surface area contributed by atoms with E-state index in [4.69, 9.17) is 11.6 Å². The van der Waals surface area contributed by atoms with E-state index in [9.17, 15) is 23.1 Å². The quantitative estimate of drug-likeness (QED) is 0.760. The molecule has 3 rings (SSSR count). The topological polar surface area (TPSA) is 70.7 Å². The van der Waals surface area contributed by atoms with Crippen molar-refractivity contribution in [2.45, 2.75) is 18.3 Å². The lowest BCUT2D eigenvalue weighted by molar-refractivity contribution is -0.0818. The maximum atomic E-state index is 13.2. The van der Waals surface area contributed by atoms with Gasteiger partial charge in [0.15, 0.2) is 11.4 Å². The minimum atomic E-state index is -4.79. The largest absolute Gasteiger partial charge is 0.431 e. The van der Waals surface area contributed by atoms with Crippen LogP contribution in [-0.4, -0.2) is 37.7 Å². The third kappa shape index (κ3) is 3.24. The summed E-state index contributed by atoms with van der Waals surface area (Å²) in [6.45, 7) is 0. The number of hydrogen-bond acceptors (Lipinski definition) is 4. The van der Waals surface area contributed by atoms with Gasteiger partial charge in [-0.05, 0) is 28.1 Å². The standard InChI is InChI=1S/C15H11BrClF3N4O2/c1-23-7-10(16)12(22-23)13(25)24-14(26,6-11(21-24)15(18,19)20)8-2-4-9(17)5-3-8/h2-5,7,26H,6H2,1H3/t14-/m0/s1. The van der Waals surface area contributed by atoms with Crippen LogP contribution in [0.3, 0.4) is 0 Å². The Kier molecular flexibility index (Phi) is 4.62. The second kappa shape index (κ2) is 6.36. The normalized spacial score (nSPS) is 20.4. The molecule has 0 saturated heterocycles. The highest BCUT2D eigenvalue weighted by Gasteiger charge is 2.53. The van der Waals surface area contributed by atoms with E-state index in [2.05, 4.69) is 26.1 Å². The van der Waals surface area contributed by atoms with E-state index >= 15 is 0 Å². The zero-order valence-electron chi connectivity index (χ0n) is 13.1. The van der Waals surface area contributed by atoms with Crippen LogP contribution in [0, 0.1) is 0 Å². The van der Waals surface area contributed by atoms with E-state index in [1.54, 1.807) is 7.05 Å². The number of rotatable bonds is 2. The van der Waals surface area contributed by atoms with Crippen LogP contribution in [0.1, 0.15) is 22.5 Å². The number of amides is 1. The molecule has 0 spiro atoms. The highest BCUT2D eigenvalue weighted by Crippen LogP contribution is 2.41. The first-order chi connectivity index (χ1) is 12.0. The van der Waals surface area contributed by atoms with Crippen molar-refractivity contribution < 1.29 is 23.1 Å². The van der Waals surface area contributed by atoms with Crippen LogP contribution in [-0.2, 0) is 12.8 Å². The van der Waals surface area contributed by atoms with Crippen molar-refractivity contribution in [1.82, 2.24) is 14.8 Å². The number of nitrogens with zero attached hydrogens (tertiary/aromatic N) is 4. The Hall–Kier alpha value is -1.91. The van der Waals surface area contributed by atoms with Gasteiger partial charge in [-0.3, -0.25) is 9.48 Å². The van der Waals surface area contributed by atoms with E-state index in [-0.39, 0.29) is 15.7 Å². The summed E-state index contributed by atoms with van der Waals surface area (Å²) in [6.07, 6.45) is -4.25. The van der Waals surface area contributed by atoms with Crippen molar-refractivity contribution in [3.05, 3.63) is 51.2 Å². The summed E-state index contributed by atoms with van der Waals surface area (Å²) < 4.78 is 41.1. The number of alkyl halides is 3. The number of aryl methyl sites for hydroxylation is 1. The third-order valence-electron chi connectivity index (χ3n) is 3.80. The van der Waals surface area contributed by atoms with Gasteiger partial charge in [-0.1, -0.05) is 23.7 Å². The first-order valence-corrected chi connectivity index (χ1v) is 8.36. The number of carbonyl (C=O) groups excluding carboxylic acids is 1. The smallest absolute Gasteiger partial charge is 0.365 e. The highest BCUT2D eigenvalue weighted by molar-refractivity contribution is 9.10. The van der Waals surface area contributed by atoms with Crippen molar-refractivity contribution in [1.29, 1.82) is 0 Å². The number of aliphatic hydroxyl groups is 1. The molecular formula is C15H11BrClF3N4O2. The molecule has 0 aliphatic carbocycles. The first kappa shape index (κ1) is 18.9. The molecule has 1 aromatic carbocycles. The highest BCUT2D eigenvalue weighted by atomic mass is 79.9. The molecule has 6 nitrogen and oxygen atoms in total. The predicted molar refractivity (Wildman–Crippen MR) is 90.5 cm³/mol. The Bertz CT molecular complexity index is 897. The average Bonchev–Trinajstić information content (AvgIpc) is 3.07. The van der Waals surface area contributed by atoms with Gasteiger partial charge in [0, 0.05) is 23.8 Å². The summed E-state index contributed by atoms with van der Waals surface area (Å²) in [5, 5.41) is 19.0. The zero-order chi connectivity index (χ0) is 19.3. The SMILES string of the molecule is Cn1cc(Br)c(C(=O)N2N=C(C(F)(F)F)C[C@]2(O)c2ccc(Cl)cc2)n1. The minimum Gasteiger partial charge on any atom is -0.365 e. The number of hydrazone groups is 1. The molecule has 26 heavy (non-hydrogen) atoms. The van der Waals surface area contributed by atoms with Gasteiger partial charge in [0.2, 0.25) is 0 Å². The van der Waals surface area contributed by atoms with Crippen molar-refractivity contribution in [2.24, 2.45) is 12.1 Å². The maximum absolute atomic E-state index is 13.2. The van der Waals surface area contributed by atoms with Gasteiger partial charge in [-0.25, -0.2) is 0 Å². The fourth-order valence-electron chi connectivity index (χ4n) is 2.56. The summed E-state index contributed by atoms with van der Waals surface area (Å²) in [5.41, 5.74) is -3.71. The van der Waals surface area contributed by atoms with Crippen LogP contribution in [0.4, 0.5) is 13.2 Å². The predicted octanol–water partition coefficient (Wildman–Crippen LogP) is 3.45. The lowest BCUT2D eigenvalue weighted by atomic mass is 9.97. The molecule has 138 valence electrons. The van der Waals surface area contributed by atoms with Crippen molar-refractivity contribution in [3.8, 4) is 0 Å². The molecule has 11 heteroatoms. The van der Waals surface area contributed by atoms with Crippen molar-refractivity contribution in [3.63, 3.8) is 0 Å². The summed E-state index contributed by atoms with van der Waals surface area (Å²) in [4.78, 5) is 12.8. The van der Waals surface area contributed by atoms with E-state index in [0.29, 0.717) is 10.0 Å². The zero-order valence-corrected chi connectivity index (χ0v) is 15.5. The number of carbonyl (C=O) groups is 1. The van der Waals surface area contributed by atoms with E-state index in [0.717, 1.165) is 0 Å². The molecule has 1 aliphatic heterocycles. The second-order valence-electron chi connectivity index (χ2n) is 5.66. The van der Waals surface area contributed by atoms with E-state index in [1.807, 2.05) is 0 Å². The van der Waals surface area contributed by atoms with Crippen LogP contribution in [0.25, 0.3) is 0 Å². The molecule has 0 saturated carbocycles. The summed E-state index contributed by atoms with van der Waals surface area (Å²) in [5.74, 6) is -0.978. The number of benzene rings is 1. The van der Waals surface area contributed by atoms with Crippen LogP contribution in [0.15, 0.2) is 40.0 Å². The molecule has 0 fully saturated rings. The first-order valence-electron chi connectivity index (χ1n) is 7.19. The van der Waals surface area contributed by atoms with Crippen LogP contribution in [0.2, 0.25) is 5.02 Å². The average molecular weight is 452 g/mol. The Balaban J connectivity index is 2.10. The Morgan fingerprint density at radius 3 is 2.46 bits per heavy atom. The van der Waals surface area contributed by atoms with E-state index < -0.39 is 29.9 Å². The molecule has 1 atom stereocenters. The number of halogens is 5. The molecule has 1 aromatic heterocycles. The lowest BCUT2D eigenvalue weighted by Gasteiger charge is -2.31. The second-order valence-corrected chi connectivity index (χ2v) is 6.95. The molecular weight excluding hydrogens is 441 g/mol. The fourth-order valence-corrected chi connectivity index (χ4v) is 3.23. The van der Waals surface area contributed by atoms with Crippen LogP contribution in [0.5, 0.6) is 0 Å². The van der Waals surface area contributed by atoms with E-state index in [1.165, 1.54) is 35.1 Å². The monoisotopic (exact) mass is 450 g/mol. The summed E-state index contributed by atoms with van der Waals surface area (Å²) in [6, 6.07) is 5.48. The third-order valence-corrected chi connectivity index (χ3v) is 4.63. The molecule has 0 bridgehead atoms. The van der Waals surface area contributed by atoms with Gasteiger partial charge in [-0.2, -0.15) is 28.4 Å². The maximum Gasteiger partial charge on any atom is 0.431 e. The van der Waals surface area contributed by atoms with Crippen LogP contribution >= 0.6 is 27.5 Å². The van der Waals surface area contributed by atoms with Gasteiger partial charge in [-0.15, -0.1) is 0 Å². The summed E-state index contributed by atoms with van der Waals surface area (Å²) in [7, 11) is 1.54. The Morgan fingerprint density at radius 2 is 1.96 bits per heavy atom.